The lowest BCUT2D eigenvalue weighted by molar-refractivity contribution is 0.798. The predicted molar refractivity (Wildman–Crippen MR) is 87.9 cm³/mol. The van der Waals surface area contributed by atoms with E-state index in [4.69, 9.17) is 0 Å². The molecule has 0 radical (unpaired) electrons. The van der Waals surface area contributed by atoms with Crippen LogP contribution in [0.3, 0.4) is 0 Å². The molecule has 0 spiro atoms. The molecule has 0 amide bonds. The fraction of sp³-hybridized carbons (Fsp3) is 0. The van der Waals surface area contributed by atoms with Crippen molar-refractivity contribution in [3.8, 4) is 27.6 Å². The lowest BCUT2D eigenvalue weighted by Gasteiger charge is -1.95. The summed E-state index contributed by atoms with van der Waals surface area (Å²) >= 11 is 1.56. The van der Waals surface area contributed by atoms with Crippen molar-refractivity contribution in [1.82, 2.24) is 20.0 Å². The van der Waals surface area contributed by atoms with E-state index in [9.17, 15) is 0 Å². The Kier molecular flexibility index (Phi) is 3.25. The molecule has 0 aliphatic carbocycles. The van der Waals surface area contributed by atoms with Crippen molar-refractivity contribution >= 4 is 11.3 Å². The maximum absolute atomic E-state index is 4.64. The number of rotatable bonds is 3. The van der Waals surface area contributed by atoms with E-state index < -0.39 is 0 Å². The van der Waals surface area contributed by atoms with Crippen LogP contribution in [0.15, 0.2) is 72.2 Å². The summed E-state index contributed by atoms with van der Waals surface area (Å²) in [6, 6.07) is 20.1. The van der Waals surface area contributed by atoms with E-state index in [1.165, 1.54) is 0 Å². The Morgan fingerprint density at radius 2 is 1.41 bits per heavy atom. The molecule has 0 aliphatic heterocycles. The molecule has 2 heterocycles. The van der Waals surface area contributed by atoms with Crippen molar-refractivity contribution in [1.29, 1.82) is 0 Å². The summed E-state index contributed by atoms with van der Waals surface area (Å²) in [4.78, 5) is 4.64. The molecule has 0 atom stereocenters. The second kappa shape index (κ2) is 5.54. The van der Waals surface area contributed by atoms with Crippen LogP contribution >= 0.6 is 11.3 Å². The normalized spacial score (nSPS) is 10.7. The van der Waals surface area contributed by atoms with Gasteiger partial charge in [-0.2, -0.15) is 4.68 Å². The van der Waals surface area contributed by atoms with Gasteiger partial charge in [0.2, 0.25) is 5.13 Å². The topological polar surface area (TPSA) is 43.6 Å². The van der Waals surface area contributed by atoms with Crippen LogP contribution in [-0.2, 0) is 0 Å². The average Bonchev–Trinajstić information content (AvgIpc) is 3.26. The van der Waals surface area contributed by atoms with Gasteiger partial charge in [-0.15, -0.1) is 16.4 Å². The molecule has 4 aromatic rings. The molecule has 22 heavy (non-hydrogen) atoms. The zero-order valence-electron chi connectivity index (χ0n) is 11.6. The summed E-state index contributed by atoms with van der Waals surface area (Å²) in [5.74, 6) is 0. The minimum Gasteiger partial charge on any atom is -0.218 e. The van der Waals surface area contributed by atoms with Crippen molar-refractivity contribution in [2.45, 2.75) is 0 Å². The average molecular weight is 304 g/mol. The number of nitrogens with zero attached hydrogens (tertiary/aromatic N) is 4. The molecule has 0 saturated heterocycles. The Morgan fingerprint density at radius 3 is 2.09 bits per heavy atom. The first-order valence-corrected chi connectivity index (χ1v) is 7.77. The molecule has 0 aliphatic rings. The zero-order valence-corrected chi connectivity index (χ0v) is 12.4. The van der Waals surface area contributed by atoms with Crippen LogP contribution in [-0.4, -0.2) is 20.0 Å². The SMILES string of the molecule is c1ccc(-c2cn(-c3nc(-c4ccccc4)cs3)nn2)cc1. The Hall–Kier alpha value is -2.79. The molecular formula is C17H12N4S. The Balaban J connectivity index is 1.66. The summed E-state index contributed by atoms with van der Waals surface area (Å²) in [7, 11) is 0. The Bertz CT molecular complexity index is 805. The fourth-order valence-electron chi connectivity index (χ4n) is 2.21. The fourth-order valence-corrected chi connectivity index (χ4v) is 2.96. The van der Waals surface area contributed by atoms with Crippen molar-refractivity contribution in [3.63, 3.8) is 0 Å². The Labute approximate surface area is 131 Å². The van der Waals surface area contributed by atoms with Gasteiger partial charge in [-0.25, -0.2) is 4.98 Å². The van der Waals surface area contributed by atoms with Crippen LogP contribution < -0.4 is 0 Å². The molecule has 4 nitrogen and oxygen atoms in total. The maximum Gasteiger partial charge on any atom is 0.212 e. The number of benzene rings is 2. The molecular weight excluding hydrogens is 292 g/mol. The molecule has 106 valence electrons. The van der Waals surface area contributed by atoms with Gasteiger partial charge < -0.3 is 0 Å². The molecule has 2 aromatic heterocycles. The third kappa shape index (κ3) is 2.42. The van der Waals surface area contributed by atoms with Crippen molar-refractivity contribution < 1.29 is 0 Å². The maximum atomic E-state index is 4.64. The number of hydrogen-bond donors (Lipinski definition) is 0. The smallest absolute Gasteiger partial charge is 0.212 e. The van der Waals surface area contributed by atoms with Crippen LogP contribution in [0.2, 0.25) is 0 Å². The van der Waals surface area contributed by atoms with Gasteiger partial charge >= 0.3 is 0 Å². The van der Waals surface area contributed by atoms with Gasteiger partial charge in [-0.3, -0.25) is 0 Å². The third-order valence-corrected chi connectivity index (χ3v) is 4.15. The molecule has 2 aromatic carbocycles. The first-order chi connectivity index (χ1) is 10.9. The van der Waals surface area contributed by atoms with Crippen LogP contribution in [0.5, 0.6) is 0 Å². The van der Waals surface area contributed by atoms with E-state index in [0.29, 0.717) is 0 Å². The summed E-state index contributed by atoms with van der Waals surface area (Å²) < 4.78 is 1.72. The molecule has 0 unspecified atom stereocenters. The van der Waals surface area contributed by atoms with Gasteiger partial charge in [0.1, 0.15) is 5.69 Å². The quantitative estimate of drug-likeness (QED) is 0.573. The van der Waals surface area contributed by atoms with Crippen molar-refractivity contribution in [2.24, 2.45) is 0 Å². The number of hydrogen-bond acceptors (Lipinski definition) is 4. The molecule has 4 rings (SSSR count). The van der Waals surface area contributed by atoms with Gasteiger partial charge in [-0.1, -0.05) is 65.9 Å². The second-order valence-corrected chi connectivity index (χ2v) is 5.63. The summed E-state index contributed by atoms with van der Waals surface area (Å²) in [6.07, 6.45) is 1.91. The van der Waals surface area contributed by atoms with Crippen LogP contribution in [0.1, 0.15) is 0 Å². The first-order valence-electron chi connectivity index (χ1n) is 6.89. The van der Waals surface area contributed by atoms with Crippen LogP contribution in [0, 0.1) is 0 Å². The number of aromatic nitrogens is 4. The Morgan fingerprint density at radius 1 is 0.773 bits per heavy atom. The van der Waals surface area contributed by atoms with E-state index >= 15 is 0 Å². The van der Waals surface area contributed by atoms with Crippen molar-refractivity contribution in [2.75, 3.05) is 0 Å². The summed E-state index contributed by atoms with van der Waals surface area (Å²) in [5.41, 5.74) is 3.96. The summed E-state index contributed by atoms with van der Waals surface area (Å²) in [5, 5.41) is 11.3. The van der Waals surface area contributed by atoms with Gasteiger partial charge in [-0.05, 0) is 0 Å². The van der Waals surface area contributed by atoms with E-state index in [1.807, 2.05) is 60.1 Å². The molecule has 0 N–H and O–H groups in total. The molecule has 0 saturated carbocycles. The van der Waals surface area contributed by atoms with Gasteiger partial charge in [0.25, 0.3) is 0 Å². The highest BCUT2D eigenvalue weighted by atomic mass is 32.1. The lowest BCUT2D eigenvalue weighted by atomic mass is 10.2. The van der Waals surface area contributed by atoms with Crippen molar-refractivity contribution in [3.05, 3.63) is 72.2 Å². The highest BCUT2D eigenvalue weighted by Gasteiger charge is 2.09. The molecule has 0 bridgehead atoms. The standard InChI is InChI=1S/C17H12N4S/c1-3-7-13(8-4-1)15-11-21(20-19-15)17-18-16(12-22-17)14-9-5-2-6-10-14/h1-12H. The second-order valence-electron chi connectivity index (χ2n) is 4.80. The van der Waals surface area contributed by atoms with E-state index in [0.717, 1.165) is 27.6 Å². The minimum absolute atomic E-state index is 0.813. The highest BCUT2D eigenvalue weighted by molar-refractivity contribution is 7.12. The van der Waals surface area contributed by atoms with Crippen LogP contribution in [0.4, 0.5) is 0 Å². The lowest BCUT2D eigenvalue weighted by Crippen LogP contribution is -1.93. The molecule has 5 heteroatoms. The van der Waals surface area contributed by atoms with E-state index in [-0.39, 0.29) is 0 Å². The first kappa shape index (κ1) is 12.9. The van der Waals surface area contributed by atoms with Gasteiger partial charge in [0, 0.05) is 16.5 Å². The predicted octanol–water partition coefficient (Wildman–Crippen LogP) is 4.06. The van der Waals surface area contributed by atoms with E-state index in [2.05, 4.69) is 27.4 Å². The molecule has 0 fully saturated rings. The van der Waals surface area contributed by atoms with Crippen LogP contribution in [0.25, 0.3) is 27.6 Å². The zero-order chi connectivity index (χ0) is 14.8. The third-order valence-electron chi connectivity index (χ3n) is 3.32. The van der Waals surface area contributed by atoms with Gasteiger partial charge in [0.05, 0.1) is 11.9 Å². The highest BCUT2D eigenvalue weighted by Crippen LogP contribution is 2.24. The minimum atomic E-state index is 0.813. The summed E-state index contributed by atoms with van der Waals surface area (Å²) in [6.45, 7) is 0. The monoisotopic (exact) mass is 304 g/mol. The van der Waals surface area contributed by atoms with E-state index in [1.54, 1.807) is 16.0 Å². The largest absolute Gasteiger partial charge is 0.218 e. The number of thiazole rings is 1. The van der Waals surface area contributed by atoms with Gasteiger partial charge in [0.15, 0.2) is 0 Å².